The summed E-state index contributed by atoms with van der Waals surface area (Å²) in [6.45, 7) is 2.56. The fraction of sp³-hybridized carbons (Fsp3) is 0.889. The number of hydrogen-bond acceptors (Lipinski definition) is 4. The summed E-state index contributed by atoms with van der Waals surface area (Å²) in [5.41, 5.74) is 0. The summed E-state index contributed by atoms with van der Waals surface area (Å²) >= 11 is 0. The minimum absolute atomic E-state index is 0.00847. The van der Waals surface area contributed by atoms with E-state index in [0.29, 0.717) is 0 Å². The fourth-order valence-electron chi connectivity index (χ4n) is 1.75. The molecular weight excluding hydrogens is 216 g/mol. The van der Waals surface area contributed by atoms with Crippen molar-refractivity contribution in [3.8, 4) is 0 Å². The van der Waals surface area contributed by atoms with E-state index in [-0.39, 0.29) is 23.7 Å². The molecule has 0 spiro atoms. The van der Waals surface area contributed by atoms with Gasteiger partial charge in [-0.25, -0.2) is 8.42 Å². The highest BCUT2D eigenvalue weighted by atomic mass is 32.2. The van der Waals surface area contributed by atoms with Crippen molar-refractivity contribution in [3.63, 3.8) is 0 Å². The zero-order valence-corrected chi connectivity index (χ0v) is 9.93. The first-order chi connectivity index (χ1) is 6.88. The molecule has 0 aromatic heterocycles. The molecule has 1 rings (SSSR count). The normalized spacial score (nSPS) is 23.7. The number of carbonyl (C=O) groups excluding carboxylic acids is 1. The van der Waals surface area contributed by atoms with Gasteiger partial charge in [0.2, 0.25) is 5.91 Å². The highest BCUT2D eigenvalue weighted by Gasteiger charge is 2.23. The van der Waals surface area contributed by atoms with Crippen molar-refractivity contribution in [1.82, 2.24) is 10.6 Å². The van der Waals surface area contributed by atoms with Crippen LogP contribution in [0.25, 0.3) is 0 Å². The molecule has 0 aromatic rings. The second kappa shape index (κ2) is 4.94. The van der Waals surface area contributed by atoms with Crippen molar-refractivity contribution in [2.45, 2.75) is 31.8 Å². The van der Waals surface area contributed by atoms with E-state index < -0.39 is 9.84 Å². The molecule has 1 unspecified atom stereocenters. The molecule has 1 fully saturated rings. The Labute approximate surface area is 90.5 Å². The zero-order chi connectivity index (χ0) is 11.5. The van der Waals surface area contributed by atoms with Crippen molar-refractivity contribution in [3.05, 3.63) is 0 Å². The third kappa shape index (κ3) is 4.61. The molecule has 2 N–H and O–H groups in total. The molecule has 1 aliphatic heterocycles. The van der Waals surface area contributed by atoms with Crippen molar-refractivity contribution in [2.75, 3.05) is 18.6 Å². The van der Waals surface area contributed by atoms with Gasteiger partial charge in [-0.05, 0) is 26.3 Å². The highest BCUT2D eigenvalue weighted by molar-refractivity contribution is 7.90. The van der Waals surface area contributed by atoms with E-state index in [1.54, 1.807) is 6.92 Å². The van der Waals surface area contributed by atoms with Gasteiger partial charge in [0.1, 0.15) is 9.84 Å². The Bertz CT molecular complexity index is 320. The maximum atomic E-state index is 11.6. The molecule has 1 amide bonds. The van der Waals surface area contributed by atoms with Gasteiger partial charge in [-0.2, -0.15) is 0 Å². The van der Waals surface area contributed by atoms with Crippen molar-refractivity contribution in [1.29, 1.82) is 0 Å². The quantitative estimate of drug-likeness (QED) is 0.673. The van der Waals surface area contributed by atoms with E-state index in [9.17, 15) is 13.2 Å². The Kier molecular flexibility index (Phi) is 4.10. The van der Waals surface area contributed by atoms with Crippen LogP contribution < -0.4 is 10.6 Å². The molecule has 0 aliphatic carbocycles. The average molecular weight is 234 g/mol. The minimum Gasteiger partial charge on any atom is -0.351 e. The summed E-state index contributed by atoms with van der Waals surface area (Å²) in [5, 5.41) is 5.76. The zero-order valence-electron chi connectivity index (χ0n) is 9.12. The van der Waals surface area contributed by atoms with Crippen LogP contribution in [0.5, 0.6) is 0 Å². The van der Waals surface area contributed by atoms with Crippen molar-refractivity contribution in [2.24, 2.45) is 0 Å². The maximum absolute atomic E-state index is 11.6. The van der Waals surface area contributed by atoms with Gasteiger partial charge in [0.15, 0.2) is 0 Å². The molecule has 1 heterocycles. The van der Waals surface area contributed by atoms with Crippen molar-refractivity contribution >= 4 is 15.7 Å². The molecule has 0 bridgehead atoms. The molecule has 15 heavy (non-hydrogen) atoms. The first-order valence-corrected chi connectivity index (χ1v) is 7.16. The van der Waals surface area contributed by atoms with Crippen LogP contribution in [0, 0.1) is 0 Å². The van der Waals surface area contributed by atoms with Gasteiger partial charge in [-0.15, -0.1) is 0 Å². The van der Waals surface area contributed by atoms with Crippen LogP contribution in [-0.2, 0) is 14.6 Å². The van der Waals surface area contributed by atoms with Gasteiger partial charge in [-0.3, -0.25) is 4.79 Å². The minimum atomic E-state index is -3.03. The lowest BCUT2D eigenvalue weighted by Gasteiger charge is -2.16. The average Bonchev–Trinajstić information content (AvgIpc) is 2.50. The number of carbonyl (C=O) groups is 1. The summed E-state index contributed by atoms with van der Waals surface area (Å²) in [4.78, 5) is 11.6. The van der Waals surface area contributed by atoms with E-state index in [4.69, 9.17) is 0 Å². The maximum Gasteiger partial charge on any atom is 0.237 e. The van der Waals surface area contributed by atoms with Crippen LogP contribution in [0.1, 0.15) is 19.8 Å². The van der Waals surface area contributed by atoms with Gasteiger partial charge in [-0.1, -0.05) is 0 Å². The second-order valence-electron chi connectivity index (χ2n) is 4.15. The fourth-order valence-corrected chi connectivity index (χ4v) is 2.74. The molecular formula is C9H18N2O3S. The summed E-state index contributed by atoms with van der Waals surface area (Å²) in [5.74, 6) is -0.102. The SMILES string of the molecule is CC(CS(C)(=O)=O)NC(=O)[C@H]1CCCN1. The van der Waals surface area contributed by atoms with Gasteiger partial charge < -0.3 is 10.6 Å². The number of sulfone groups is 1. The lowest BCUT2D eigenvalue weighted by Crippen LogP contribution is -2.46. The van der Waals surface area contributed by atoms with E-state index >= 15 is 0 Å². The monoisotopic (exact) mass is 234 g/mol. The first kappa shape index (κ1) is 12.4. The molecule has 0 radical (unpaired) electrons. The van der Waals surface area contributed by atoms with Crippen molar-refractivity contribution < 1.29 is 13.2 Å². The van der Waals surface area contributed by atoms with Crippen LogP contribution in [0.15, 0.2) is 0 Å². The predicted octanol–water partition coefficient (Wildman–Crippen LogP) is -0.712. The Hall–Kier alpha value is -0.620. The van der Waals surface area contributed by atoms with Crippen LogP contribution >= 0.6 is 0 Å². The van der Waals surface area contributed by atoms with E-state index in [1.165, 1.54) is 6.26 Å². The number of nitrogens with one attached hydrogen (secondary N) is 2. The number of rotatable bonds is 4. The molecule has 0 saturated carbocycles. The van der Waals surface area contributed by atoms with Gasteiger partial charge in [0.25, 0.3) is 0 Å². The molecule has 2 atom stereocenters. The second-order valence-corrected chi connectivity index (χ2v) is 6.34. The molecule has 0 aromatic carbocycles. The number of amides is 1. The third-order valence-electron chi connectivity index (χ3n) is 2.32. The number of hydrogen-bond donors (Lipinski definition) is 2. The molecule has 6 heteroatoms. The van der Waals surface area contributed by atoms with Crippen LogP contribution in [0.4, 0.5) is 0 Å². The summed E-state index contributed by atoms with van der Waals surface area (Å²) in [7, 11) is -3.03. The summed E-state index contributed by atoms with van der Waals surface area (Å²) in [6, 6.07) is -0.470. The predicted molar refractivity (Wildman–Crippen MR) is 58.3 cm³/mol. The summed E-state index contributed by atoms with van der Waals surface area (Å²) in [6.07, 6.45) is 3.00. The Morgan fingerprint density at radius 1 is 1.60 bits per heavy atom. The Balaban J connectivity index is 2.37. The van der Waals surface area contributed by atoms with Gasteiger partial charge in [0, 0.05) is 12.3 Å². The molecule has 88 valence electrons. The standard InChI is InChI=1S/C9H18N2O3S/c1-7(6-15(2,13)14)11-9(12)8-4-3-5-10-8/h7-8,10H,3-6H2,1-2H3,(H,11,12)/t7?,8-/m1/s1. The molecule has 5 nitrogen and oxygen atoms in total. The molecule has 1 aliphatic rings. The van der Waals surface area contributed by atoms with Crippen LogP contribution in [-0.4, -0.2) is 45.0 Å². The van der Waals surface area contributed by atoms with Crippen LogP contribution in [0.2, 0.25) is 0 Å². The third-order valence-corrected chi connectivity index (χ3v) is 3.42. The highest BCUT2D eigenvalue weighted by Crippen LogP contribution is 2.05. The molecule has 1 saturated heterocycles. The van der Waals surface area contributed by atoms with Gasteiger partial charge >= 0.3 is 0 Å². The van der Waals surface area contributed by atoms with E-state index in [1.807, 2.05) is 0 Å². The lowest BCUT2D eigenvalue weighted by atomic mass is 10.2. The smallest absolute Gasteiger partial charge is 0.237 e. The van der Waals surface area contributed by atoms with Gasteiger partial charge in [0.05, 0.1) is 11.8 Å². The summed E-state index contributed by atoms with van der Waals surface area (Å²) < 4.78 is 22.0. The largest absolute Gasteiger partial charge is 0.351 e. The van der Waals surface area contributed by atoms with E-state index in [0.717, 1.165) is 19.4 Å². The Morgan fingerprint density at radius 2 is 2.27 bits per heavy atom. The topological polar surface area (TPSA) is 75.3 Å². The lowest BCUT2D eigenvalue weighted by molar-refractivity contribution is -0.123. The van der Waals surface area contributed by atoms with E-state index in [2.05, 4.69) is 10.6 Å². The van der Waals surface area contributed by atoms with Crippen LogP contribution in [0.3, 0.4) is 0 Å². The Morgan fingerprint density at radius 3 is 2.73 bits per heavy atom. The first-order valence-electron chi connectivity index (χ1n) is 5.10.